The molecule has 2 aromatic rings. The molecule has 21 heavy (non-hydrogen) atoms. The lowest BCUT2D eigenvalue weighted by Gasteiger charge is -2.08. The van der Waals surface area contributed by atoms with Crippen LogP contribution >= 0.6 is 46.1 Å². The summed E-state index contributed by atoms with van der Waals surface area (Å²) in [7, 11) is 0. The monoisotopic (exact) mass is 364 g/mol. The number of carbonyl (C=O) groups is 1. The Labute approximate surface area is 141 Å². The number of rotatable bonds is 5. The number of nitrogens with one attached hydrogen (secondary N) is 1. The maximum absolute atomic E-state index is 11.4. The molecule has 0 aliphatic carbocycles. The molecule has 0 aliphatic heterocycles. The molecule has 112 valence electrons. The van der Waals surface area contributed by atoms with Gasteiger partial charge in [0.2, 0.25) is 0 Å². The molecule has 0 saturated heterocycles. The van der Waals surface area contributed by atoms with Gasteiger partial charge in [-0.15, -0.1) is 11.3 Å². The maximum Gasteiger partial charge on any atom is 0.311 e. The van der Waals surface area contributed by atoms with Gasteiger partial charge in [0, 0.05) is 10.4 Å². The van der Waals surface area contributed by atoms with Crippen molar-refractivity contribution >= 4 is 62.9 Å². The summed E-state index contributed by atoms with van der Waals surface area (Å²) < 4.78 is 4.87. The Bertz CT molecular complexity index is 638. The van der Waals surface area contributed by atoms with Crippen LogP contribution in [0.4, 0.5) is 10.8 Å². The molecule has 0 aliphatic rings. The summed E-state index contributed by atoms with van der Waals surface area (Å²) >= 11 is 19.4. The molecule has 0 saturated carbocycles. The minimum Gasteiger partial charge on any atom is -0.466 e. The second-order valence-corrected chi connectivity index (χ2v) is 6.10. The van der Waals surface area contributed by atoms with Gasteiger partial charge in [0.1, 0.15) is 0 Å². The molecule has 1 N–H and O–H groups in total. The highest BCUT2D eigenvalue weighted by molar-refractivity contribution is 7.13. The number of halogens is 3. The van der Waals surface area contributed by atoms with Gasteiger partial charge in [-0.2, -0.15) is 0 Å². The number of thiazole rings is 1. The summed E-state index contributed by atoms with van der Waals surface area (Å²) in [6.45, 7) is 2.11. The lowest BCUT2D eigenvalue weighted by Crippen LogP contribution is -2.07. The first-order valence-electron chi connectivity index (χ1n) is 6.01. The van der Waals surface area contributed by atoms with E-state index in [1.54, 1.807) is 24.4 Å². The molecule has 1 heterocycles. The van der Waals surface area contributed by atoms with Gasteiger partial charge >= 0.3 is 5.97 Å². The topological polar surface area (TPSA) is 51.2 Å². The van der Waals surface area contributed by atoms with Crippen LogP contribution in [0.1, 0.15) is 12.6 Å². The average molecular weight is 366 g/mol. The minimum absolute atomic E-state index is 0.133. The van der Waals surface area contributed by atoms with Crippen molar-refractivity contribution in [1.82, 2.24) is 4.98 Å². The summed E-state index contributed by atoms with van der Waals surface area (Å²) in [5, 5.41) is 6.64. The van der Waals surface area contributed by atoms with E-state index in [1.165, 1.54) is 11.3 Å². The molecule has 0 fully saturated rings. The second kappa shape index (κ2) is 7.31. The Kier molecular flexibility index (Phi) is 5.70. The van der Waals surface area contributed by atoms with E-state index in [9.17, 15) is 4.79 Å². The molecule has 8 heteroatoms. The Morgan fingerprint density at radius 2 is 2.00 bits per heavy atom. The third-order valence-corrected chi connectivity index (χ3v) is 4.04. The number of aromatic nitrogens is 1. The molecule has 0 radical (unpaired) electrons. The van der Waals surface area contributed by atoms with Crippen LogP contribution in [0.2, 0.25) is 15.1 Å². The van der Waals surface area contributed by atoms with E-state index in [1.807, 2.05) is 0 Å². The number of hydrogen-bond donors (Lipinski definition) is 1. The van der Waals surface area contributed by atoms with E-state index in [0.29, 0.717) is 38.2 Å². The fourth-order valence-corrected chi connectivity index (χ4v) is 3.20. The van der Waals surface area contributed by atoms with E-state index in [4.69, 9.17) is 39.5 Å². The summed E-state index contributed by atoms with van der Waals surface area (Å²) in [4.78, 5) is 15.7. The standard InChI is InChI=1S/C13H11Cl3N2O2S/c1-2-20-11(19)5-8-6-21-13(17-8)18-12-9(15)3-7(14)4-10(12)16/h3-4,6H,2,5H2,1H3,(H,17,18). The van der Waals surface area contributed by atoms with Crippen LogP contribution in [0, 0.1) is 0 Å². The van der Waals surface area contributed by atoms with E-state index < -0.39 is 0 Å². The zero-order valence-corrected chi connectivity index (χ0v) is 14.0. The van der Waals surface area contributed by atoms with Gasteiger partial charge in [-0.3, -0.25) is 4.79 Å². The highest BCUT2D eigenvalue weighted by Gasteiger charge is 2.12. The number of benzene rings is 1. The summed E-state index contributed by atoms with van der Waals surface area (Å²) in [5.41, 5.74) is 1.15. The van der Waals surface area contributed by atoms with Crippen molar-refractivity contribution in [3.05, 3.63) is 38.3 Å². The molecule has 1 aromatic carbocycles. The van der Waals surface area contributed by atoms with Crippen LogP contribution in [0.3, 0.4) is 0 Å². The van der Waals surface area contributed by atoms with E-state index in [2.05, 4.69) is 10.3 Å². The first-order valence-corrected chi connectivity index (χ1v) is 8.02. The number of carbonyl (C=O) groups excluding carboxylic acids is 1. The maximum atomic E-state index is 11.4. The molecule has 0 unspecified atom stereocenters. The quantitative estimate of drug-likeness (QED) is 0.761. The van der Waals surface area contributed by atoms with Crippen molar-refractivity contribution in [2.75, 3.05) is 11.9 Å². The summed E-state index contributed by atoms with van der Waals surface area (Å²) in [6.07, 6.45) is 0.133. The van der Waals surface area contributed by atoms with Gasteiger partial charge in [0.05, 0.1) is 34.5 Å². The largest absolute Gasteiger partial charge is 0.466 e. The Balaban J connectivity index is 2.11. The van der Waals surface area contributed by atoms with Crippen molar-refractivity contribution in [2.45, 2.75) is 13.3 Å². The van der Waals surface area contributed by atoms with E-state index in [0.717, 1.165) is 0 Å². The van der Waals surface area contributed by atoms with E-state index in [-0.39, 0.29) is 12.4 Å². The molecular weight excluding hydrogens is 355 g/mol. The van der Waals surface area contributed by atoms with Crippen LogP contribution in [-0.2, 0) is 16.0 Å². The van der Waals surface area contributed by atoms with Crippen molar-refractivity contribution < 1.29 is 9.53 Å². The molecule has 0 atom stereocenters. The molecule has 2 rings (SSSR count). The van der Waals surface area contributed by atoms with Gasteiger partial charge < -0.3 is 10.1 Å². The Morgan fingerprint density at radius 3 is 2.62 bits per heavy atom. The van der Waals surface area contributed by atoms with E-state index >= 15 is 0 Å². The molecule has 1 aromatic heterocycles. The lowest BCUT2D eigenvalue weighted by molar-refractivity contribution is -0.142. The number of nitrogens with zero attached hydrogens (tertiary/aromatic N) is 1. The van der Waals surface area contributed by atoms with Crippen molar-refractivity contribution in [1.29, 1.82) is 0 Å². The third-order valence-electron chi connectivity index (χ3n) is 2.42. The third kappa shape index (κ3) is 4.48. The predicted molar refractivity (Wildman–Crippen MR) is 87.2 cm³/mol. The second-order valence-electron chi connectivity index (χ2n) is 4.00. The number of esters is 1. The van der Waals surface area contributed by atoms with Crippen molar-refractivity contribution in [3.63, 3.8) is 0 Å². The van der Waals surface area contributed by atoms with Gasteiger partial charge in [-0.1, -0.05) is 34.8 Å². The van der Waals surface area contributed by atoms with Crippen LogP contribution in [-0.4, -0.2) is 17.6 Å². The number of ether oxygens (including phenoxy) is 1. The number of anilines is 2. The fraction of sp³-hybridized carbons (Fsp3) is 0.231. The smallest absolute Gasteiger partial charge is 0.311 e. The zero-order valence-electron chi connectivity index (χ0n) is 11.0. The Morgan fingerprint density at radius 1 is 1.33 bits per heavy atom. The van der Waals surface area contributed by atoms with Gasteiger partial charge in [-0.25, -0.2) is 4.98 Å². The molecular formula is C13H11Cl3N2O2S. The molecule has 4 nitrogen and oxygen atoms in total. The summed E-state index contributed by atoms with van der Waals surface area (Å²) in [6, 6.07) is 3.18. The molecule has 0 bridgehead atoms. The van der Waals surface area contributed by atoms with Gasteiger partial charge in [-0.05, 0) is 19.1 Å². The van der Waals surface area contributed by atoms with Crippen molar-refractivity contribution in [2.24, 2.45) is 0 Å². The first-order chi connectivity index (χ1) is 9.99. The lowest BCUT2D eigenvalue weighted by atomic mass is 10.3. The highest BCUT2D eigenvalue weighted by Crippen LogP contribution is 2.36. The highest BCUT2D eigenvalue weighted by atomic mass is 35.5. The van der Waals surface area contributed by atoms with Crippen LogP contribution in [0.25, 0.3) is 0 Å². The normalized spacial score (nSPS) is 10.5. The van der Waals surface area contributed by atoms with Gasteiger partial charge in [0.15, 0.2) is 5.13 Å². The molecule has 0 amide bonds. The Hall–Kier alpha value is -1.01. The zero-order chi connectivity index (χ0) is 15.4. The van der Waals surface area contributed by atoms with Gasteiger partial charge in [0.25, 0.3) is 0 Å². The van der Waals surface area contributed by atoms with Crippen LogP contribution < -0.4 is 5.32 Å². The summed E-state index contributed by atoms with van der Waals surface area (Å²) in [5.74, 6) is -0.308. The van der Waals surface area contributed by atoms with Crippen molar-refractivity contribution in [3.8, 4) is 0 Å². The SMILES string of the molecule is CCOC(=O)Cc1csc(Nc2c(Cl)cc(Cl)cc2Cl)n1. The number of hydrogen-bond acceptors (Lipinski definition) is 5. The predicted octanol–water partition coefficient (Wildman–Crippen LogP) is 4.95. The molecule has 0 spiro atoms. The minimum atomic E-state index is -0.308. The first kappa shape index (κ1) is 16.4. The fourth-order valence-electron chi connectivity index (χ4n) is 1.57. The van der Waals surface area contributed by atoms with Crippen LogP contribution in [0.5, 0.6) is 0 Å². The van der Waals surface area contributed by atoms with Crippen LogP contribution in [0.15, 0.2) is 17.5 Å². The average Bonchev–Trinajstić information content (AvgIpc) is 2.81.